The Morgan fingerprint density at radius 2 is 2.05 bits per heavy atom. The van der Waals surface area contributed by atoms with E-state index in [1.807, 2.05) is 12.1 Å². The third kappa shape index (κ3) is 2.66. The summed E-state index contributed by atoms with van der Waals surface area (Å²) in [7, 11) is 0. The third-order valence-electron chi connectivity index (χ3n) is 3.41. The van der Waals surface area contributed by atoms with Gasteiger partial charge >= 0.3 is 0 Å². The van der Waals surface area contributed by atoms with Crippen molar-refractivity contribution in [3.8, 4) is 0 Å². The van der Waals surface area contributed by atoms with E-state index in [4.69, 9.17) is 11.6 Å². The van der Waals surface area contributed by atoms with Gasteiger partial charge in [0.15, 0.2) is 5.15 Å². The monoisotopic (exact) mass is 287 g/mol. The van der Waals surface area contributed by atoms with Crippen molar-refractivity contribution in [3.63, 3.8) is 0 Å². The Bertz CT molecular complexity index is 645. The van der Waals surface area contributed by atoms with Crippen LogP contribution in [0.25, 0.3) is 0 Å². The van der Waals surface area contributed by atoms with Gasteiger partial charge in [0.1, 0.15) is 0 Å². The maximum absolute atomic E-state index is 12.3. The second kappa shape index (κ2) is 5.61. The van der Waals surface area contributed by atoms with E-state index in [0.717, 1.165) is 0 Å². The maximum Gasteiger partial charge on any atom is 0.241 e. The Kier molecular flexibility index (Phi) is 3.67. The molecule has 0 aliphatic carbocycles. The average Bonchev–Trinajstić information content (AvgIpc) is 2.49. The topological polar surface area (TPSA) is 54.0 Å². The van der Waals surface area contributed by atoms with Crippen LogP contribution < -0.4 is 10.6 Å². The van der Waals surface area contributed by atoms with Crippen molar-refractivity contribution < 1.29 is 4.79 Å². The van der Waals surface area contributed by atoms with Gasteiger partial charge in [-0.15, -0.1) is 0 Å². The first-order valence-electron chi connectivity index (χ1n) is 6.45. The molecule has 0 spiro atoms. The van der Waals surface area contributed by atoms with Gasteiger partial charge in [0, 0.05) is 12.7 Å². The van der Waals surface area contributed by atoms with Crippen molar-refractivity contribution in [1.82, 2.24) is 10.3 Å². The summed E-state index contributed by atoms with van der Waals surface area (Å²) in [5.74, 6) is -0.0885. The van der Waals surface area contributed by atoms with Gasteiger partial charge < -0.3 is 10.6 Å². The van der Waals surface area contributed by atoms with Crippen LogP contribution in [0.2, 0.25) is 5.15 Å². The number of hydrogen-bond acceptors (Lipinski definition) is 3. The van der Waals surface area contributed by atoms with Crippen LogP contribution in [0.5, 0.6) is 0 Å². The lowest BCUT2D eigenvalue weighted by Gasteiger charge is -2.25. The van der Waals surface area contributed by atoms with E-state index < -0.39 is 0 Å². The van der Waals surface area contributed by atoms with Gasteiger partial charge in [-0.2, -0.15) is 0 Å². The molecule has 0 fully saturated rings. The van der Waals surface area contributed by atoms with Crippen molar-refractivity contribution in [2.24, 2.45) is 0 Å². The lowest BCUT2D eigenvalue weighted by Crippen LogP contribution is -2.44. The van der Waals surface area contributed by atoms with Crippen molar-refractivity contribution in [2.75, 3.05) is 5.32 Å². The molecule has 1 atom stereocenters. The highest BCUT2D eigenvalue weighted by Gasteiger charge is 2.24. The van der Waals surface area contributed by atoms with Crippen molar-refractivity contribution in [3.05, 3.63) is 58.9 Å². The molecule has 102 valence electrons. The Balaban J connectivity index is 1.72. The van der Waals surface area contributed by atoms with Gasteiger partial charge in [0.05, 0.1) is 11.7 Å². The summed E-state index contributed by atoms with van der Waals surface area (Å²) in [6.07, 6.45) is 2.27. The predicted octanol–water partition coefficient (Wildman–Crippen LogP) is 2.39. The first-order chi connectivity index (χ1) is 9.74. The highest BCUT2D eigenvalue weighted by molar-refractivity contribution is 6.32. The molecule has 3 rings (SSSR count). The quantitative estimate of drug-likeness (QED) is 0.834. The number of nitrogens with one attached hydrogen (secondary N) is 2. The van der Waals surface area contributed by atoms with Gasteiger partial charge in [0.25, 0.3) is 0 Å². The molecule has 2 heterocycles. The maximum atomic E-state index is 12.3. The minimum Gasteiger partial charge on any atom is -0.322 e. The summed E-state index contributed by atoms with van der Waals surface area (Å²) in [5.41, 5.74) is 3.00. The molecule has 1 amide bonds. The molecule has 5 heteroatoms. The zero-order chi connectivity index (χ0) is 13.9. The molecule has 1 aliphatic heterocycles. The number of amides is 1. The number of carbonyl (C=O) groups is 1. The van der Waals surface area contributed by atoms with E-state index in [2.05, 4.69) is 27.8 Å². The molecule has 20 heavy (non-hydrogen) atoms. The molecule has 1 aromatic heterocycles. The number of rotatable bonds is 2. The first-order valence-corrected chi connectivity index (χ1v) is 6.83. The van der Waals surface area contributed by atoms with Crippen LogP contribution in [0.1, 0.15) is 11.1 Å². The van der Waals surface area contributed by atoms with Crippen LogP contribution >= 0.6 is 11.6 Å². The lowest BCUT2D eigenvalue weighted by atomic mass is 9.95. The van der Waals surface area contributed by atoms with E-state index in [-0.39, 0.29) is 11.9 Å². The van der Waals surface area contributed by atoms with Gasteiger partial charge in [-0.3, -0.25) is 4.79 Å². The van der Waals surface area contributed by atoms with Gasteiger partial charge in [-0.05, 0) is 29.7 Å². The predicted molar refractivity (Wildman–Crippen MR) is 78.7 cm³/mol. The number of fused-ring (bicyclic) bond motifs is 1. The highest BCUT2D eigenvalue weighted by Crippen LogP contribution is 2.20. The summed E-state index contributed by atoms with van der Waals surface area (Å²) in [6, 6.07) is 11.4. The average molecular weight is 288 g/mol. The largest absolute Gasteiger partial charge is 0.322 e. The van der Waals surface area contributed by atoms with E-state index >= 15 is 0 Å². The molecular formula is C15H14ClN3O. The zero-order valence-corrected chi connectivity index (χ0v) is 11.5. The van der Waals surface area contributed by atoms with Crippen LogP contribution in [-0.4, -0.2) is 16.9 Å². The molecule has 0 radical (unpaired) electrons. The number of nitrogens with zero attached hydrogens (tertiary/aromatic N) is 1. The van der Waals surface area contributed by atoms with Crippen LogP contribution in [0.4, 0.5) is 5.69 Å². The summed E-state index contributed by atoms with van der Waals surface area (Å²) in [6.45, 7) is 0.703. The van der Waals surface area contributed by atoms with E-state index in [1.54, 1.807) is 18.3 Å². The van der Waals surface area contributed by atoms with Crippen molar-refractivity contribution >= 4 is 23.2 Å². The number of hydrogen-bond donors (Lipinski definition) is 2. The molecule has 0 bridgehead atoms. The Morgan fingerprint density at radius 3 is 2.85 bits per heavy atom. The Morgan fingerprint density at radius 1 is 1.25 bits per heavy atom. The third-order valence-corrected chi connectivity index (χ3v) is 3.72. The number of benzene rings is 1. The number of carbonyl (C=O) groups excluding carboxylic acids is 1. The van der Waals surface area contributed by atoms with Crippen molar-refractivity contribution in [1.29, 1.82) is 0 Å². The molecular weight excluding hydrogens is 274 g/mol. The zero-order valence-electron chi connectivity index (χ0n) is 10.8. The van der Waals surface area contributed by atoms with Gasteiger partial charge in [-0.1, -0.05) is 35.9 Å². The molecule has 0 saturated carbocycles. The van der Waals surface area contributed by atoms with Crippen LogP contribution in [0, 0.1) is 0 Å². The first kappa shape index (κ1) is 13.1. The minimum absolute atomic E-state index is 0.0885. The Hall–Kier alpha value is -1.91. The molecule has 0 saturated heterocycles. The van der Waals surface area contributed by atoms with Crippen LogP contribution in [0.3, 0.4) is 0 Å². The summed E-state index contributed by atoms with van der Waals surface area (Å²) < 4.78 is 0. The van der Waals surface area contributed by atoms with E-state index in [0.29, 0.717) is 23.8 Å². The second-order valence-electron chi connectivity index (χ2n) is 4.74. The minimum atomic E-state index is -0.249. The standard InChI is InChI=1S/C15H14ClN3O/c16-14-12(6-3-7-17-14)19-15(20)13-8-10-4-1-2-5-11(10)9-18-13/h1-7,13,18H,8-9H2,(H,19,20)/t13-/m1/s1. The molecule has 4 nitrogen and oxygen atoms in total. The number of pyridine rings is 1. The molecule has 2 N–H and O–H groups in total. The lowest BCUT2D eigenvalue weighted by molar-refractivity contribution is -0.118. The van der Waals surface area contributed by atoms with Crippen LogP contribution in [-0.2, 0) is 17.8 Å². The molecule has 1 aliphatic rings. The van der Waals surface area contributed by atoms with Gasteiger partial charge in [0.2, 0.25) is 5.91 Å². The summed E-state index contributed by atoms with van der Waals surface area (Å²) in [4.78, 5) is 16.2. The fraction of sp³-hybridized carbons (Fsp3) is 0.200. The van der Waals surface area contributed by atoms with Crippen LogP contribution in [0.15, 0.2) is 42.6 Å². The van der Waals surface area contributed by atoms with E-state index in [1.165, 1.54) is 11.1 Å². The fourth-order valence-electron chi connectivity index (χ4n) is 2.34. The van der Waals surface area contributed by atoms with Gasteiger partial charge in [-0.25, -0.2) is 4.98 Å². The number of halogens is 1. The smallest absolute Gasteiger partial charge is 0.241 e. The normalized spacial score (nSPS) is 17.4. The summed E-state index contributed by atoms with van der Waals surface area (Å²) >= 11 is 5.94. The summed E-state index contributed by atoms with van der Waals surface area (Å²) in [5, 5.41) is 6.36. The highest BCUT2D eigenvalue weighted by atomic mass is 35.5. The number of aromatic nitrogens is 1. The molecule has 2 aromatic rings. The molecule has 1 aromatic carbocycles. The second-order valence-corrected chi connectivity index (χ2v) is 5.10. The Labute approximate surface area is 122 Å². The SMILES string of the molecule is O=C(Nc1cccnc1Cl)[C@H]1Cc2ccccc2CN1. The number of anilines is 1. The molecule has 0 unspecified atom stereocenters. The van der Waals surface area contributed by atoms with E-state index in [9.17, 15) is 4.79 Å². The van der Waals surface area contributed by atoms with Crippen molar-refractivity contribution in [2.45, 2.75) is 19.0 Å². The fourth-order valence-corrected chi connectivity index (χ4v) is 2.51.